The Hall–Kier alpha value is -1.74. The molecule has 2 heterocycles. The number of sulfonamides is 1. The van der Waals surface area contributed by atoms with E-state index in [9.17, 15) is 18.0 Å². The lowest BCUT2D eigenvalue weighted by atomic mass is 9.48. The van der Waals surface area contributed by atoms with Crippen molar-refractivity contribution in [1.82, 2.24) is 9.46 Å². The van der Waals surface area contributed by atoms with E-state index < -0.39 is 28.0 Å². The summed E-state index contributed by atoms with van der Waals surface area (Å²) in [5.41, 5.74) is -0.00769. The zero-order chi connectivity index (χ0) is 23.5. The Morgan fingerprint density at radius 2 is 1.73 bits per heavy atom. The van der Waals surface area contributed by atoms with Gasteiger partial charge in [0, 0.05) is 18.5 Å². The van der Waals surface area contributed by atoms with Gasteiger partial charge in [-0.15, -0.1) is 0 Å². The van der Waals surface area contributed by atoms with Crippen LogP contribution in [0.5, 0.6) is 0 Å². The van der Waals surface area contributed by atoms with Crippen LogP contribution in [0, 0.1) is 42.9 Å². The van der Waals surface area contributed by atoms with Crippen LogP contribution in [-0.4, -0.2) is 48.8 Å². The molecule has 9 heteroatoms. The molecular weight excluding hydrogens is 444 g/mol. The molecule has 1 aromatic heterocycles. The molecule has 0 radical (unpaired) electrons. The van der Waals surface area contributed by atoms with Crippen molar-refractivity contribution in [2.45, 2.75) is 83.1 Å². The van der Waals surface area contributed by atoms with Crippen LogP contribution >= 0.6 is 0 Å². The summed E-state index contributed by atoms with van der Waals surface area (Å²) in [6.07, 6.45) is 6.87. The number of Topliss-reactive ketones (excluding diaryl/α,β-unsaturated/α-hetero) is 1. The maximum Gasteiger partial charge on any atom is 0.310 e. The van der Waals surface area contributed by atoms with Crippen molar-refractivity contribution in [3.63, 3.8) is 0 Å². The molecule has 8 nitrogen and oxygen atoms in total. The summed E-state index contributed by atoms with van der Waals surface area (Å²) in [5, 5.41) is 3.76. The van der Waals surface area contributed by atoms with Crippen molar-refractivity contribution in [3.05, 3.63) is 11.5 Å². The average Bonchev–Trinajstić information content (AvgIpc) is 3.11. The molecule has 33 heavy (non-hydrogen) atoms. The fraction of sp³-hybridized carbons (Fsp3) is 0.792. The van der Waals surface area contributed by atoms with E-state index >= 15 is 0 Å². The highest BCUT2D eigenvalue weighted by atomic mass is 32.2. The molecule has 4 bridgehead atoms. The number of piperidine rings is 1. The fourth-order valence-corrected chi connectivity index (χ4v) is 9.31. The highest BCUT2D eigenvalue weighted by molar-refractivity contribution is 7.89. The van der Waals surface area contributed by atoms with Gasteiger partial charge in [0.25, 0.3) is 0 Å². The summed E-state index contributed by atoms with van der Waals surface area (Å²) < 4.78 is 38.4. The average molecular weight is 479 g/mol. The Kier molecular flexibility index (Phi) is 5.71. The van der Waals surface area contributed by atoms with E-state index in [2.05, 4.69) is 5.16 Å². The quantitative estimate of drug-likeness (QED) is 0.577. The first-order chi connectivity index (χ1) is 15.6. The van der Waals surface area contributed by atoms with Crippen molar-refractivity contribution in [3.8, 4) is 0 Å². The highest BCUT2D eigenvalue weighted by Crippen LogP contribution is 2.60. The third-order valence-electron chi connectivity index (χ3n) is 8.51. The van der Waals surface area contributed by atoms with Gasteiger partial charge in [0.15, 0.2) is 17.6 Å². The molecule has 0 aromatic carbocycles. The monoisotopic (exact) mass is 478 g/mol. The molecule has 5 aliphatic rings. The zero-order valence-corrected chi connectivity index (χ0v) is 20.5. The maximum absolute atomic E-state index is 13.5. The van der Waals surface area contributed by atoms with Crippen molar-refractivity contribution in [2.24, 2.45) is 29.1 Å². The molecule has 4 aliphatic carbocycles. The van der Waals surface area contributed by atoms with E-state index in [4.69, 9.17) is 9.26 Å². The van der Waals surface area contributed by atoms with Crippen LogP contribution in [0.1, 0.15) is 69.7 Å². The Labute approximate surface area is 195 Å². The smallest absolute Gasteiger partial charge is 0.310 e. The maximum atomic E-state index is 13.5. The Balaban J connectivity index is 1.25. The van der Waals surface area contributed by atoms with Crippen LogP contribution < -0.4 is 0 Å². The molecule has 0 unspecified atom stereocenters. The summed E-state index contributed by atoms with van der Waals surface area (Å²) in [4.78, 5) is 26.5. The minimum atomic E-state index is -3.82. The molecule has 4 saturated carbocycles. The van der Waals surface area contributed by atoms with Gasteiger partial charge in [0.1, 0.15) is 10.6 Å². The number of esters is 1. The van der Waals surface area contributed by atoms with Gasteiger partial charge >= 0.3 is 5.97 Å². The number of ketones is 1. The number of carbonyl (C=O) groups excluding carboxylic acids is 2. The number of rotatable bonds is 6. The second kappa shape index (κ2) is 8.18. The molecule has 2 atom stereocenters. The van der Waals surface area contributed by atoms with E-state index in [0.29, 0.717) is 42.8 Å². The molecule has 1 aliphatic heterocycles. The van der Waals surface area contributed by atoms with Gasteiger partial charge in [-0.05, 0) is 89.9 Å². The molecule has 1 saturated heterocycles. The van der Waals surface area contributed by atoms with Gasteiger partial charge in [-0.2, -0.15) is 4.31 Å². The summed E-state index contributed by atoms with van der Waals surface area (Å²) in [7, 11) is -3.82. The van der Waals surface area contributed by atoms with Crippen molar-refractivity contribution < 1.29 is 27.3 Å². The molecule has 5 fully saturated rings. The predicted octanol–water partition coefficient (Wildman–Crippen LogP) is 3.41. The summed E-state index contributed by atoms with van der Waals surface area (Å²) >= 11 is 0. The summed E-state index contributed by atoms with van der Waals surface area (Å²) in [6, 6.07) is 0. The molecule has 0 spiro atoms. The Morgan fingerprint density at radius 1 is 1.12 bits per heavy atom. The molecule has 182 valence electrons. The van der Waals surface area contributed by atoms with E-state index in [1.165, 1.54) is 23.6 Å². The SMILES string of the molecule is Cc1noc(C)c1S(=O)(=O)N1CCC[C@H](C(=O)O[C@@H](C)C(=O)C23CC4CC(CC(C4)C2)C3)C1. The second-order valence-corrected chi connectivity index (χ2v) is 12.9. The predicted molar refractivity (Wildman–Crippen MR) is 119 cm³/mol. The van der Waals surface area contributed by atoms with Gasteiger partial charge in [-0.25, -0.2) is 8.42 Å². The standard InChI is InChI=1S/C24H34N2O6S/c1-14-21(15(2)32-25-14)33(29,30)26-6-4-5-20(13-26)23(28)31-16(3)22(27)24-10-17-7-18(11-24)9-19(8-17)12-24/h16-20H,4-13H2,1-3H3/t16-,17?,18?,19?,20-,24?/m0/s1. The highest BCUT2D eigenvalue weighted by Gasteiger charge is 2.55. The van der Waals surface area contributed by atoms with Gasteiger partial charge in [0.05, 0.1) is 5.92 Å². The largest absolute Gasteiger partial charge is 0.454 e. The molecule has 0 N–H and O–H groups in total. The third kappa shape index (κ3) is 3.95. The lowest BCUT2D eigenvalue weighted by Gasteiger charge is -2.56. The van der Waals surface area contributed by atoms with Gasteiger partial charge in [-0.1, -0.05) is 5.16 Å². The van der Waals surface area contributed by atoms with Crippen LogP contribution in [0.25, 0.3) is 0 Å². The van der Waals surface area contributed by atoms with Crippen LogP contribution in [0.4, 0.5) is 0 Å². The number of aryl methyl sites for hydroxylation is 2. The normalized spacial score (nSPS) is 34.9. The van der Waals surface area contributed by atoms with Crippen LogP contribution in [0.15, 0.2) is 9.42 Å². The number of carbonyl (C=O) groups is 2. The topological polar surface area (TPSA) is 107 Å². The van der Waals surface area contributed by atoms with E-state index in [-0.39, 0.29) is 28.4 Å². The number of nitrogens with zero attached hydrogens (tertiary/aromatic N) is 2. The number of hydrogen-bond acceptors (Lipinski definition) is 7. The lowest BCUT2D eigenvalue weighted by molar-refractivity contribution is -0.168. The number of ether oxygens (including phenoxy) is 1. The van der Waals surface area contributed by atoms with E-state index in [0.717, 1.165) is 19.3 Å². The van der Waals surface area contributed by atoms with Gasteiger partial charge < -0.3 is 9.26 Å². The minimum Gasteiger partial charge on any atom is -0.454 e. The van der Waals surface area contributed by atoms with Crippen LogP contribution in [0.3, 0.4) is 0 Å². The number of hydrogen-bond donors (Lipinski definition) is 0. The fourth-order valence-electron chi connectivity index (χ4n) is 7.49. The van der Waals surface area contributed by atoms with Gasteiger partial charge in [0.2, 0.25) is 10.0 Å². The van der Waals surface area contributed by atoms with Crippen LogP contribution in [-0.2, 0) is 24.3 Å². The first-order valence-corrected chi connectivity index (χ1v) is 13.7. The molecule has 1 aromatic rings. The Bertz CT molecular complexity index is 1010. The molecule has 0 amide bonds. The van der Waals surface area contributed by atoms with E-state index in [1.54, 1.807) is 20.8 Å². The van der Waals surface area contributed by atoms with E-state index in [1.807, 2.05) is 0 Å². The van der Waals surface area contributed by atoms with Crippen molar-refractivity contribution in [2.75, 3.05) is 13.1 Å². The molecular formula is C24H34N2O6S. The van der Waals surface area contributed by atoms with Crippen LogP contribution in [0.2, 0.25) is 0 Å². The Morgan fingerprint density at radius 3 is 2.27 bits per heavy atom. The first kappa shape index (κ1) is 23.0. The summed E-state index contributed by atoms with van der Waals surface area (Å²) in [5.74, 6) is 1.19. The third-order valence-corrected chi connectivity index (χ3v) is 10.6. The second-order valence-electron chi connectivity index (χ2n) is 11.0. The van der Waals surface area contributed by atoms with Crippen molar-refractivity contribution in [1.29, 1.82) is 0 Å². The molecule has 6 rings (SSSR count). The van der Waals surface area contributed by atoms with Crippen molar-refractivity contribution >= 4 is 21.8 Å². The van der Waals surface area contributed by atoms with Gasteiger partial charge in [-0.3, -0.25) is 9.59 Å². The summed E-state index contributed by atoms with van der Waals surface area (Å²) in [6.45, 7) is 5.23. The zero-order valence-electron chi connectivity index (χ0n) is 19.7. The lowest BCUT2D eigenvalue weighted by Crippen LogP contribution is -2.53. The number of aromatic nitrogens is 1. The first-order valence-electron chi connectivity index (χ1n) is 12.3. The minimum absolute atomic E-state index is 0.0451.